The van der Waals surface area contributed by atoms with E-state index in [0.717, 1.165) is 0 Å². The minimum absolute atomic E-state index is 0.149. The summed E-state index contributed by atoms with van der Waals surface area (Å²) in [7, 11) is -3.67. The molecule has 0 bridgehead atoms. The molecule has 2 atom stereocenters. The van der Waals surface area contributed by atoms with Gasteiger partial charge in [0.15, 0.2) is 0 Å². The van der Waals surface area contributed by atoms with E-state index in [1.165, 1.54) is 21.3 Å². The van der Waals surface area contributed by atoms with Crippen LogP contribution in [0.4, 0.5) is 11.4 Å². The van der Waals surface area contributed by atoms with Crippen LogP contribution in [-0.2, 0) is 24.3 Å². The summed E-state index contributed by atoms with van der Waals surface area (Å²) in [5.41, 5.74) is 0.986. The Bertz CT molecular complexity index is 1130. The molecule has 2 unspecified atom stereocenters. The Morgan fingerprint density at radius 3 is 2.42 bits per heavy atom. The van der Waals surface area contributed by atoms with Gasteiger partial charge in [-0.25, -0.2) is 8.42 Å². The van der Waals surface area contributed by atoms with Crippen LogP contribution in [0.3, 0.4) is 0 Å². The van der Waals surface area contributed by atoms with Gasteiger partial charge in [0.05, 0.1) is 35.8 Å². The molecule has 0 radical (unpaired) electrons. The summed E-state index contributed by atoms with van der Waals surface area (Å²) in [5, 5.41) is 2.73. The van der Waals surface area contributed by atoms with E-state index in [-0.39, 0.29) is 42.6 Å². The van der Waals surface area contributed by atoms with Gasteiger partial charge >= 0.3 is 0 Å². The predicted octanol–water partition coefficient (Wildman–Crippen LogP) is 2.24. The summed E-state index contributed by atoms with van der Waals surface area (Å²) < 4.78 is 38.6. The summed E-state index contributed by atoms with van der Waals surface area (Å²) in [4.78, 5) is 26.7. The lowest BCUT2D eigenvalue weighted by atomic mass is 10.2. The largest absolute Gasteiger partial charge is 0.491 e. The number of nitrogens with zero attached hydrogens (tertiary/aromatic N) is 2. The van der Waals surface area contributed by atoms with E-state index in [1.54, 1.807) is 36.4 Å². The van der Waals surface area contributed by atoms with Crippen LogP contribution in [0.1, 0.15) is 20.3 Å². The molecule has 1 N–H and O–H groups in total. The highest BCUT2D eigenvalue weighted by Crippen LogP contribution is 2.31. The number of benzene rings is 2. The topological polar surface area (TPSA) is 105 Å². The summed E-state index contributed by atoms with van der Waals surface area (Å²) in [5.74, 6) is -0.0468. The number of nitrogens with one attached hydrogen (secondary N) is 1. The van der Waals surface area contributed by atoms with Gasteiger partial charge in [-0.15, -0.1) is 0 Å². The number of amides is 2. The highest BCUT2D eigenvalue weighted by molar-refractivity contribution is 7.89. The summed E-state index contributed by atoms with van der Waals surface area (Å²) in [6.45, 7) is 4.35. The predicted molar refractivity (Wildman–Crippen MR) is 123 cm³/mol. The van der Waals surface area contributed by atoms with E-state index in [9.17, 15) is 18.0 Å². The van der Waals surface area contributed by atoms with Crippen LogP contribution in [0.15, 0.2) is 53.4 Å². The van der Waals surface area contributed by atoms with Gasteiger partial charge in [-0.1, -0.05) is 12.1 Å². The quantitative estimate of drug-likeness (QED) is 0.714. The minimum atomic E-state index is -3.67. The van der Waals surface area contributed by atoms with Gasteiger partial charge in [-0.05, 0) is 50.2 Å². The Hall–Kier alpha value is -2.95. The maximum absolute atomic E-state index is 13.0. The second-order valence-corrected chi connectivity index (χ2v) is 10.1. The first-order chi connectivity index (χ1) is 15.7. The van der Waals surface area contributed by atoms with Crippen molar-refractivity contribution in [2.24, 2.45) is 0 Å². The lowest BCUT2D eigenvalue weighted by Gasteiger charge is -2.34. The number of ether oxygens (including phenoxy) is 2. The van der Waals surface area contributed by atoms with Crippen molar-refractivity contribution in [3.05, 3.63) is 48.5 Å². The maximum atomic E-state index is 13.0. The average molecular weight is 474 g/mol. The fourth-order valence-electron chi connectivity index (χ4n) is 4.02. The highest BCUT2D eigenvalue weighted by atomic mass is 32.2. The van der Waals surface area contributed by atoms with Crippen LogP contribution in [0.2, 0.25) is 0 Å². The molecular formula is C23H27N3O6S. The van der Waals surface area contributed by atoms with Gasteiger partial charge in [0.1, 0.15) is 12.3 Å². The van der Waals surface area contributed by atoms with Crippen LogP contribution in [-0.4, -0.2) is 63.0 Å². The fourth-order valence-corrected chi connectivity index (χ4v) is 5.61. The van der Waals surface area contributed by atoms with Gasteiger partial charge in [0, 0.05) is 18.8 Å². The highest BCUT2D eigenvalue weighted by Gasteiger charge is 2.32. The number of fused-ring (bicyclic) bond motifs is 1. The molecule has 1 fully saturated rings. The molecule has 10 heteroatoms. The Balaban J connectivity index is 1.44. The molecule has 176 valence electrons. The zero-order valence-corrected chi connectivity index (χ0v) is 19.4. The summed E-state index contributed by atoms with van der Waals surface area (Å²) >= 11 is 0. The number of para-hydroxylation sites is 2. The van der Waals surface area contributed by atoms with Crippen molar-refractivity contribution in [1.29, 1.82) is 0 Å². The van der Waals surface area contributed by atoms with E-state index in [4.69, 9.17) is 9.47 Å². The normalized spacial score (nSPS) is 21.6. The van der Waals surface area contributed by atoms with E-state index in [1.807, 2.05) is 13.8 Å². The smallest absolute Gasteiger partial charge is 0.244 e. The van der Waals surface area contributed by atoms with Crippen LogP contribution >= 0.6 is 0 Å². The van der Waals surface area contributed by atoms with Crippen LogP contribution in [0.5, 0.6) is 5.75 Å². The molecule has 0 spiro atoms. The van der Waals surface area contributed by atoms with Crippen molar-refractivity contribution >= 4 is 33.2 Å². The molecule has 2 aromatic rings. The second kappa shape index (κ2) is 9.50. The number of rotatable bonds is 5. The second-order valence-electron chi connectivity index (χ2n) is 8.20. The van der Waals surface area contributed by atoms with Gasteiger partial charge < -0.3 is 14.8 Å². The Labute approximate surface area is 193 Å². The van der Waals surface area contributed by atoms with E-state index >= 15 is 0 Å². The molecule has 9 nitrogen and oxygen atoms in total. The lowest BCUT2D eigenvalue weighted by Crippen LogP contribution is -2.48. The molecular weight excluding hydrogens is 446 g/mol. The number of hydrogen-bond donors (Lipinski definition) is 1. The van der Waals surface area contributed by atoms with Crippen molar-refractivity contribution in [3.8, 4) is 5.75 Å². The van der Waals surface area contributed by atoms with E-state index < -0.39 is 15.9 Å². The summed E-state index contributed by atoms with van der Waals surface area (Å²) in [6.07, 6.45) is -0.188. The zero-order chi connectivity index (χ0) is 23.6. The average Bonchev–Trinajstić information content (AvgIpc) is 2.92. The van der Waals surface area contributed by atoms with Crippen molar-refractivity contribution in [2.45, 2.75) is 37.4 Å². The summed E-state index contributed by atoms with van der Waals surface area (Å²) in [6, 6.07) is 13.1. The maximum Gasteiger partial charge on any atom is 0.244 e. The third kappa shape index (κ3) is 5.18. The molecule has 2 amide bonds. The number of anilines is 2. The fraction of sp³-hybridized carbons (Fsp3) is 0.391. The monoisotopic (exact) mass is 473 g/mol. The Morgan fingerprint density at radius 1 is 1.06 bits per heavy atom. The number of morpholine rings is 1. The van der Waals surface area contributed by atoms with Crippen LogP contribution in [0.25, 0.3) is 0 Å². The first-order valence-corrected chi connectivity index (χ1v) is 12.3. The first kappa shape index (κ1) is 23.2. The molecule has 4 rings (SSSR count). The van der Waals surface area contributed by atoms with Crippen LogP contribution < -0.4 is 15.0 Å². The molecule has 1 saturated heterocycles. The van der Waals surface area contributed by atoms with Crippen molar-refractivity contribution < 1.29 is 27.5 Å². The third-order valence-corrected chi connectivity index (χ3v) is 7.34. The Kier molecular flexibility index (Phi) is 6.68. The standard InChI is InChI=1S/C23H27N3O6S/c1-16-13-25(14-17(2)32-16)33(29,30)19-9-7-18(8-10-19)24-22(27)15-26-20-5-3-4-6-21(20)31-12-11-23(26)28/h3-10,16-17H,11-15H2,1-2H3,(H,24,27). The molecule has 2 aliphatic rings. The number of sulfonamides is 1. The minimum Gasteiger partial charge on any atom is -0.491 e. The van der Waals surface area contributed by atoms with Gasteiger partial charge in [-0.2, -0.15) is 4.31 Å². The lowest BCUT2D eigenvalue weighted by molar-refractivity contribution is -0.121. The number of carbonyl (C=O) groups excluding carboxylic acids is 2. The SMILES string of the molecule is CC1CN(S(=O)(=O)c2ccc(NC(=O)CN3C(=O)CCOc4ccccc43)cc2)CC(C)O1. The number of hydrogen-bond acceptors (Lipinski definition) is 6. The van der Waals surface area contributed by atoms with E-state index in [2.05, 4.69) is 5.32 Å². The van der Waals surface area contributed by atoms with Crippen molar-refractivity contribution in [1.82, 2.24) is 4.31 Å². The van der Waals surface area contributed by atoms with E-state index in [0.29, 0.717) is 30.2 Å². The molecule has 0 saturated carbocycles. The van der Waals surface area contributed by atoms with Crippen molar-refractivity contribution in [2.75, 3.05) is 36.5 Å². The van der Waals surface area contributed by atoms with Crippen LogP contribution in [0, 0.1) is 0 Å². The zero-order valence-electron chi connectivity index (χ0n) is 18.6. The van der Waals surface area contributed by atoms with Gasteiger partial charge in [0.25, 0.3) is 0 Å². The third-order valence-electron chi connectivity index (χ3n) is 5.49. The molecule has 0 aromatic heterocycles. The van der Waals surface area contributed by atoms with Gasteiger partial charge in [0.2, 0.25) is 21.8 Å². The van der Waals surface area contributed by atoms with Crippen molar-refractivity contribution in [3.63, 3.8) is 0 Å². The molecule has 2 aromatic carbocycles. The molecule has 33 heavy (non-hydrogen) atoms. The van der Waals surface area contributed by atoms with Gasteiger partial charge in [-0.3, -0.25) is 14.5 Å². The molecule has 0 aliphatic carbocycles. The molecule has 2 heterocycles. The Morgan fingerprint density at radius 2 is 1.73 bits per heavy atom. The first-order valence-electron chi connectivity index (χ1n) is 10.8. The molecule has 2 aliphatic heterocycles. The number of carbonyl (C=O) groups is 2.